The number of amides is 2. The maximum Gasteiger partial charge on any atom is 0.289 e. The van der Waals surface area contributed by atoms with E-state index in [2.05, 4.69) is 0 Å². The van der Waals surface area contributed by atoms with Crippen LogP contribution >= 0.6 is 35.0 Å². The first-order valence-corrected chi connectivity index (χ1v) is 6.85. The summed E-state index contributed by atoms with van der Waals surface area (Å²) in [5, 5.41) is -0.0476. The van der Waals surface area contributed by atoms with E-state index in [0.717, 1.165) is 16.7 Å². The molecule has 96 valence electrons. The minimum atomic E-state index is -0.557. The Labute approximate surface area is 118 Å². The zero-order valence-electron chi connectivity index (χ0n) is 9.23. The second-order valence-corrected chi connectivity index (χ2v) is 5.59. The van der Waals surface area contributed by atoms with Gasteiger partial charge in [0.1, 0.15) is 5.25 Å². The second kappa shape index (κ2) is 5.48. The molecule has 2 N–H and O–H groups in total. The van der Waals surface area contributed by atoms with Crippen LogP contribution in [0.1, 0.15) is 10.8 Å². The summed E-state index contributed by atoms with van der Waals surface area (Å²) in [6.07, 6.45) is 0. The summed E-state index contributed by atoms with van der Waals surface area (Å²) in [5.74, 6) is -0.256. The number of carbonyl (C=O) groups excluding carboxylic acids is 2. The fourth-order valence-corrected chi connectivity index (χ4v) is 2.99. The molecular formula is C11H10Cl2N2O2S. The molecule has 18 heavy (non-hydrogen) atoms. The third-order valence-corrected chi connectivity index (χ3v) is 4.40. The number of nitrogens with two attached hydrogens (primary N) is 1. The molecule has 0 bridgehead atoms. The normalized spacial score (nSPS) is 19.7. The Bertz CT molecular complexity index is 510. The summed E-state index contributed by atoms with van der Waals surface area (Å²) in [5.41, 5.74) is 6.04. The number of halogens is 2. The molecule has 0 aliphatic carbocycles. The van der Waals surface area contributed by atoms with E-state index >= 15 is 0 Å². The van der Waals surface area contributed by atoms with Crippen LogP contribution in [0.5, 0.6) is 0 Å². The zero-order chi connectivity index (χ0) is 13.3. The number of nitrogens with zero attached hydrogens (tertiary/aromatic N) is 1. The first-order valence-electron chi connectivity index (χ1n) is 5.21. The first kappa shape index (κ1) is 13.7. The first-order chi connectivity index (χ1) is 8.54. The van der Waals surface area contributed by atoms with Gasteiger partial charge in [0.2, 0.25) is 5.91 Å². The van der Waals surface area contributed by atoms with Crippen LogP contribution in [-0.2, 0) is 4.79 Å². The fraction of sp³-hybridized carbons (Fsp3) is 0.273. The smallest absolute Gasteiger partial charge is 0.289 e. The van der Waals surface area contributed by atoms with Gasteiger partial charge < -0.3 is 5.73 Å². The van der Waals surface area contributed by atoms with Crippen molar-refractivity contribution in [2.24, 2.45) is 5.73 Å². The lowest BCUT2D eigenvalue weighted by Crippen LogP contribution is -2.34. The van der Waals surface area contributed by atoms with Crippen molar-refractivity contribution in [2.75, 3.05) is 13.1 Å². The van der Waals surface area contributed by atoms with E-state index in [-0.39, 0.29) is 24.2 Å². The van der Waals surface area contributed by atoms with Gasteiger partial charge in [-0.15, -0.1) is 0 Å². The average Bonchev–Trinajstić information content (AvgIpc) is 2.61. The van der Waals surface area contributed by atoms with Crippen molar-refractivity contribution in [1.29, 1.82) is 0 Å². The lowest BCUT2D eigenvalue weighted by molar-refractivity contribution is -0.126. The Morgan fingerprint density at radius 2 is 2.00 bits per heavy atom. The van der Waals surface area contributed by atoms with Gasteiger partial charge in [-0.3, -0.25) is 14.5 Å². The SMILES string of the molecule is NCCN1C(=O)SC(c2ccc(Cl)c(Cl)c2)C1=O. The van der Waals surface area contributed by atoms with E-state index in [1.807, 2.05) is 0 Å². The molecule has 0 aromatic heterocycles. The van der Waals surface area contributed by atoms with Crippen molar-refractivity contribution in [2.45, 2.75) is 5.25 Å². The average molecular weight is 305 g/mol. The quantitative estimate of drug-likeness (QED) is 0.932. The molecule has 1 aliphatic rings. The molecule has 1 atom stereocenters. The van der Waals surface area contributed by atoms with Gasteiger partial charge >= 0.3 is 0 Å². The maximum atomic E-state index is 12.1. The monoisotopic (exact) mass is 304 g/mol. The molecule has 4 nitrogen and oxygen atoms in total. The van der Waals surface area contributed by atoms with Crippen LogP contribution in [-0.4, -0.2) is 29.1 Å². The minimum Gasteiger partial charge on any atom is -0.329 e. The van der Waals surface area contributed by atoms with Gasteiger partial charge in [0.25, 0.3) is 5.24 Å². The summed E-state index contributed by atoms with van der Waals surface area (Å²) < 4.78 is 0. The molecular weight excluding hydrogens is 295 g/mol. The summed E-state index contributed by atoms with van der Waals surface area (Å²) >= 11 is 12.7. The number of hydrogen-bond acceptors (Lipinski definition) is 4. The zero-order valence-corrected chi connectivity index (χ0v) is 11.6. The Morgan fingerprint density at radius 3 is 2.61 bits per heavy atom. The van der Waals surface area contributed by atoms with Crippen molar-refractivity contribution < 1.29 is 9.59 Å². The number of benzene rings is 1. The summed E-state index contributed by atoms with van der Waals surface area (Å²) in [6.45, 7) is 0.495. The van der Waals surface area contributed by atoms with Crippen molar-refractivity contribution in [3.05, 3.63) is 33.8 Å². The predicted molar refractivity (Wildman–Crippen MR) is 73.0 cm³/mol. The van der Waals surface area contributed by atoms with Crippen molar-refractivity contribution in [1.82, 2.24) is 4.90 Å². The van der Waals surface area contributed by atoms with Crippen LogP contribution in [0.15, 0.2) is 18.2 Å². The summed E-state index contributed by atoms with van der Waals surface area (Å²) in [6, 6.07) is 4.92. The summed E-state index contributed by atoms with van der Waals surface area (Å²) in [7, 11) is 0. The molecule has 2 amide bonds. The standard InChI is InChI=1S/C11H10Cl2N2O2S/c12-7-2-1-6(5-8(7)13)9-10(16)15(4-3-14)11(17)18-9/h1-2,5,9H,3-4,14H2. The molecule has 1 aromatic rings. The minimum absolute atomic E-state index is 0.239. The van der Waals surface area contributed by atoms with Crippen LogP contribution in [0, 0.1) is 0 Å². The topological polar surface area (TPSA) is 63.4 Å². The van der Waals surface area contributed by atoms with E-state index in [1.54, 1.807) is 18.2 Å². The van der Waals surface area contributed by atoms with Crippen LogP contribution in [0.25, 0.3) is 0 Å². The maximum absolute atomic E-state index is 12.1. The number of rotatable bonds is 3. The van der Waals surface area contributed by atoms with E-state index in [1.165, 1.54) is 0 Å². The van der Waals surface area contributed by atoms with E-state index in [9.17, 15) is 9.59 Å². The highest BCUT2D eigenvalue weighted by atomic mass is 35.5. The van der Waals surface area contributed by atoms with E-state index < -0.39 is 5.25 Å². The second-order valence-electron chi connectivity index (χ2n) is 3.72. The van der Waals surface area contributed by atoms with Gasteiger partial charge in [0.05, 0.1) is 10.0 Å². The van der Waals surface area contributed by atoms with E-state index in [0.29, 0.717) is 15.6 Å². The number of hydrogen-bond donors (Lipinski definition) is 1. The molecule has 2 rings (SSSR count). The Kier molecular flexibility index (Phi) is 4.17. The van der Waals surface area contributed by atoms with Crippen molar-refractivity contribution >= 4 is 46.1 Å². The van der Waals surface area contributed by atoms with Gasteiger partial charge in [0.15, 0.2) is 0 Å². The predicted octanol–water partition coefficient (Wildman–Crippen LogP) is 2.69. The number of thioether (sulfide) groups is 1. The number of imide groups is 1. The van der Waals surface area contributed by atoms with Crippen LogP contribution in [0.3, 0.4) is 0 Å². The highest BCUT2D eigenvalue weighted by molar-refractivity contribution is 8.14. The highest BCUT2D eigenvalue weighted by Crippen LogP contribution is 2.40. The molecule has 1 fully saturated rings. The molecule has 7 heteroatoms. The molecule has 0 saturated carbocycles. The molecule has 1 unspecified atom stereocenters. The third kappa shape index (κ3) is 2.49. The fourth-order valence-electron chi connectivity index (χ4n) is 1.66. The largest absolute Gasteiger partial charge is 0.329 e. The number of carbonyl (C=O) groups is 2. The molecule has 1 heterocycles. The van der Waals surface area contributed by atoms with Crippen molar-refractivity contribution in [3.63, 3.8) is 0 Å². The third-order valence-electron chi connectivity index (χ3n) is 2.53. The molecule has 1 aliphatic heterocycles. The van der Waals surface area contributed by atoms with Crippen LogP contribution < -0.4 is 5.73 Å². The summed E-state index contributed by atoms with van der Waals surface area (Å²) in [4.78, 5) is 24.9. The highest BCUT2D eigenvalue weighted by Gasteiger charge is 2.40. The van der Waals surface area contributed by atoms with Gasteiger partial charge in [-0.05, 0) is 29.5 Å². The van der Waals surface area contributed by atoms with E-state index in [4.69, 9.17) is 28.9 Å². The lowest BCUT2D eigenvalue weighted by Gasteiger charge is -2.12. The Hall–Kier alpha value is -0.750. The Balaban J connectivity index is 2.27. The molecule has 0 radical (unpaired) electrons. The van der Waals surface area contributed by atoms with Crippen LogP contribution in [0.4, 0.5) is 4.79 Å². The van der Waals surface area contributed by atoms with Gasteiger partial charge in [-0.25, -0.2) is 0 Å². The Morgan fingerprint density at radius 1 is 1.28 bits per heavy atom. The van der Waals surface area contributed by atoms with Gasteiger partial charge in [0, 0.05) is 13.1 Å². The molecule has 1 saturated heterocycles. The molecule has 1 aromatic carbocycles. The van der Waals surface area contributed by atoms with Gasteiger partial charge in [-0.2, -0.15) is 0 Å². The molecule has 0 spiro atoms. The van der Waals surface area contributed by atoms with Crippen molar-refractivity contribution in [3.8, 4) is 0 Å². The van der Waals surface area contributed by atoms with Gasteiger partial charge in [-0.1, -0.05) is 29.3 Å². The van der Waals surface area contributed by atoms with Crippen LogP contribution in [0.2, 0.25) is 10.0 Å². The lowest BCUT2D eigenvalue weighted by atomic mass is 10.1.